The quantitative estimate of drug-likeness (QED) is 0.766. The highest BCUT2D eigenvalue weighted by Gasteiger charge is 2.12. The zero-order valence-corrected chi connectivity index (χ0v) is 12.8. The molecule has 0 aliphatic rings. The van der Waals surface area contributed by atoms with E-state index in [-0.39, 0.29) is 5.78 Å². The molecule has 2 aromatic rings. The minimum Gasteiger partial charge on any atom is -0.497 e. The Morgan fingerprint density at radius 3 is 2.76 bits per heavy atom. The molecular weight excluding hydrogens is 268 g/mol. The molecule has 0 unspecified atom stereocenters. The summed E-state index contributed by atoms with van der Waals surface area (Å²) in [6, 6.07) is 5.51. The second kappa shape index (κ2) is 6.43. The molecule has 1 aromatic heterocycles. The molecule has 0 radical (unpaired) electrons. The maximum Gasteiger partial charge on any atom is 0.163 e. The van der Waals surface area contributed by atoms with Crippen LogP contribution in [0.5, 0.6) is 11.5 Å². The topological polar surface area (TPSA) is 53.4 Å². The van der Waals surface area contributed by atoms with Crippen LogP contribution in [-0.4, -0.2) is 22.4 Å². The molecule has 0 N–H and O–H groups in total. The standard InChI is InChI=1S/C16H20N2O3/c1-11(2)18-10-17-8-13(18)9-21-16-7-14(20-4)5-6-15(16)12(3)19/h5-8,10-11H,9H2,1-4H3. The van der Waals surface area contributed by atoms with Crippen LogP contribution in [0.4, 0.5) is 0 Å². The number of methoxy groups -OCH3 is 1. The van der Waals surface area contributed by atoms with Gasteiger partial charge in [0.15, 0.2) is 5.78 Å². The van der Waals surface area contributed by atoms with Crippen LogP contribution < -0.4 is 9.47 Å². The molecule has 5 heteroatoms. The average Bonchev–Trinajstić information content (AvgIpc) is 2.93. The zero-order chi connectivity index (χ0) is 15.4. The van der Waals surface area contributed by atoms with Gasteiger partial charge in [0, 0.05) is 12.1 Å². The number of imidazole rings is 1. The molecule has 5 nitrogen and oxygen atoms in total. The molecule has 0 saturated heterocycles. The highest BCUT2D eigenvalue weighted by atomic mass is 16.5. The maximum atomic E-state index is 11.7. The summed E-state index contributed by atoms with van der Waals surface area (Å²) in [5, 5.41) is 0. The van der Waals surface area contributed by atoms with E-state index >= 15 is 0 Å². The van der Waals surface area contributed by atoms with Gasteiger partial charge in [-0.2, -0.15) is 0 Å². The van der Waals surface area contributed by atoms with Crippen LogP contribution in [0, 0.1) is 0 Å². The summed E-state index contributed by atoms with van der Waals surface area (Å²) in [7, 11) is 1.58. The first-order valence-electron chi connectivity index (χ1n) is 6.85. The Bertz CT molecular complexity index is 632. The number of hydrogen-bond donors (Lipinski definition) is 0. The molecule has 2 rings (SSSR count). The Balaban J connectivity index is 2.22. The highest BCUT2D eigenvalue weighted by Crippen LogP contribution is 2.26. The Kier molecular flexibility index (Phi) is 4.62. The van der Waals surface area contributed by atoms with E-state index in [0.717, 1.165) is 5.69 Å². The summed E-state index contributed by atoms with van der Waals surface area (Å²) < 4.78 is 13.0. The number of ketones is 1. The van der Waals surface area contributed by atoms with E-state index in [9.17, 15) is 4.79 Å². The Morgan fingerprint density at radius 1 is 1.38 bits per heavy atom. The van der Waals surface area contributed by atoms with Crippen LogP contribution >= 0.6 is 0 Å². The molecule has 0 fully saturated rings. The van der Waals surface area contributed by atoms with E-state index in [2.05, 4.69) is 18.8 Å². The Morgan fingerprint density at radius 2 is 2.14 bits per heavy atom. The molecule has 0 spiro atoms. The van der Waals surface area contributed by atoms with Crippen molar-refractivity contribution in [1.29, 1.82) is 0 Å². The third kappa shape index (κ3) is 3.42. The van der Waals surface area contributed by atoms with Gasteiger partial charge in [-0.25, -0.2) is 4.98 Å². The van der Waals surface area contributed by atoms with Crippen molar-refractivity contribution < 1.29 is 14.3 Å². The van der Waals surface area contributed by atoms with Gasteiger partial charge in [-0.05, 0) is 32.9 Å². The maximum absolute atomic E-state index is 11.7. The summed E-state index contributed by atoms with van der Waals surface area (Å²) in [6.45, 7) is 6.04. The first-order valence-corrected chi connectivity index (χ1v) is 6.85. The van der Waals surface area contributed by atoms with Gasteiger partial charge in [-0.1, -0.05) is 0 Å². The van der Waals surface area contributed by atoms with Crippen molar-refractivity contribution in [3.05, 3.63) is 42.0 Å². The fraction of sp³-hybridized carbons (Fsp3) is 0.375. The highest BCUT2D eigenvalue weighted by molar-refractivity contribution is 5.97. The van der Waals surface area contributed by atoms with Crippen LogP contribution in [0.3, 0.4) is 0 Å². The van der Waals surface area contributed by atoms with Crippen LogP contribution in [0.25, 0.3) is 0 Å². The zero-order valence-electron chi connectivity index (χ0n) is 12.8. The number of nitrogens with zero attached hydrogens (tertiary/aromatic N) is 2. The third-order valence-corrected chi connectivity index (χ3v) is 3.25. The number of ether oxygens (including phenoxy) is 2. The van der Waals surface area contributed by atoms with Gasteiger partial charge in [0.05, 0.1) is 30.9 Å². The number of benzene rings is 1. The molecule has 0 aliphatic carbocycles. The number of rotatable bonds is 6. The van der Waals surface area contributed by atoms with Gasteiger partial charge in [-0.3, -0.25) is 4.79 Å². The second-order valence-electron chi connectivity index (χ2n) is 5.09. The minimum atomic E-state index is -0.0370. The van der Waals surface area contributed by atoms with Gasteiger partial charge < -0.3 is 14.0 Å². The van der Waals surface area contributed by atoms with E-state index in [0.29, 0.717) is 29.7 Å². The largest absolute Gasteiger partial charge is 0.497 e. The van der Waals surface area contributed by atoms with Crippen molar-refractivity contribution in [2.45, 2.75) is 33.4 Å². The smallest absolute Gasteiger partial charge is 0.163 e. The predicted octanol–water partition coefficient (Wildman–Crippen LogP) is 3.25. The van der Waals surface area contributed by atoms with E-state index in [4.69, 9.17) is 9.47 Å². The van der Waals surface area contributed by atoms with Crippen molar-refractivity contribution in [3.63, 3.8) is 0 Å². The minimum absolute atomic E-state index is 0.0370. The molecule has 21 heavy (non-hydrogen) atoms. The van der Waals surface area contributed by atoms with E-state index in [1.807, 2.05) is 4.57 Å². The molecule has 112 valence electrons. The third-order valence-electron chi connectivity index (χ3n) is 3.25. The average molecular weight is 288 g/mol. The van der Waals surface area contributed by atoms with Crippen LogP contribution in [0.15, 0.2) is 30.7 Å². The van der Waals surface area contributed by atoms with Crippen LogP contribution in [0.2, 0.25) is 0 Å². The number of aromatic nitrogens is 2. The van der Waals surface area contributed by atoms with Gasteiger partial charge in [0.1, 0.15) is 18.1 Å². The molecule has 1 heterocycles. The normalized spacial score (nSPS) is 10.7. The lowest BCUT2D eigenvalue weighted by Gasteiger charge is -2.14. The molecule has 0 amide bonds. The molecule has 0 bridgehead atoms. The number of carbonyl (C=O) groups is 1. The number of Topliss-reactive ketones (excluding diaryl/α,β-unsaturated/α-hetero) is 1. The van der Waals surface area contributed by atoms with Crippen molar-refractivity contribution in [2.24, 2.45) is 0 Å². The Hall–Kier alpha value is -2.30. The van der Waals surface area contributed by atoms with Gasteiger partial charge >= 0.3 is 0 Å². The summed E-state index contributed by atoms with van der Waals surface area (Å²) in [5.41, 5.74) is 1.51. The van der Waals surface area contributed by atoms with Crippen molar-refractivity contribution >= 4 is 5.78 Å². The lowest BCUT2D eigenvalue weighted by molar-refractivity contribution is 0.101. The van der Waals surface area contributed by atoms with Gasteiger partial charge in [0.2, 0.25) is 0 Å². The fourth-order valence-corrected chi connectivity index (χ4v) is 2.10. The van der Waals surface area contributed by atoms with Gasteiger partial charge in [0.25, 0.3) is 0 Å². The number of hydrogen-bond acceptors (Lipinski definition) is 4. The summed E-state index contributed by atoms with van der Waals surface area (Å²) in [4.78, 5) is 15.8. The van der Waals surface area contributed by atoms with Crippen molar-refractivity contribution in [1.82, 2.24) is 9.55 Å². The number of carbonyl (C=O) groups excluding carboxylic acids is 1. The van der Waals surface area contributed by atoms with E-state index in [1.165, 1.54) is 6.92 Å². The van der Waals surface area contributed by atoms with Gasteiger partial charge in [-0.15, -0.1) is 0 Å². The second-order valence-corrected chi connectivity index (χ2v) is 5.09. The summed E-state index contributed by atoms with van der Waals surface area (Å²) in [6.07, 6.45) is 3.55. The van der Waals surface area contributed by atoms with Crippen LogP contribution in [-0.2, 0) is 6.61 Å². The lowest BCUT2D eigenvalue weighted by Crippen LogP contribution is -2.08. The molecule has 1 aromatic carbocycles. The molecule has 0 saturated carbocycles. The molecule has 0 aliphatic heterocycles. The lowest BCUT2D eigenvalue weighted by atomic mass is 10.1. The first kappa shape index (κ1) is 15.1. The first-order chi connectivity index (χ1) is 10.0. The Labute approximate surface area is 124 Å². The SMILES string of the molecule is COc1ccc(C(C)=O)c(OCc2cncn2C(C)C)c1. The summed E-state index contributed by atoms with van der Waals surface area (Å²) in [5.74, 6) is 1.15. The van der Waals surface area contributed by atoms with E-state index < -0.39 is 0 Å². The predicted molar refractivity (Wildman–Crippen MR) is 79.9 cm³/mol. The monoisotopic (exact) mass is 288 g/mol. The van der Waals surface area contributed by atoms with Crippen molar-refractivity contribution in [2.75, 3.05) is 7.11 Å². The molecule has 0 atom stereocenters. The molecular formula is C16H20N2O3. The van der Waals surface area contributed by atoms with Crippen molar-refractivity contribution in [3.8, 4) is 11.5 Å². The van der Waals surface area contributed by atoms with E-state index in [1.54, 1.807) is 37.8 Å². The fourth-order valence-electron chi connectivity index (χ4n) is 2.10. The summed E-state index contributed by atoms with van der Waals surface area (Å²) >= 11 is 0. The van der Waals surface area contributed by atoms with Crippen LogP contribution in [0.1, 0.15) is 42.9 Å².